The van der Waals surface area contributed by atoms with Crippen molar-refractivity contribution < 1.29 is 18.8 Å². The Kier molecular flexibility index (Phi) is 7.30. The van der Waals surface area contributed by atoms with E-state index in [2.05, 4.69) is 35.7 Å². The van der Waals surface area contributed by atoms with E-state index in [1.54, 1.807) is 18.2 Å². The molecular weight excluding hydrogens is 511 g/mol. The fourth-order valence-electron chi connectivity index (χ4n) is 4.99. The molecule has 0 radical (unpaired) electrons. The van der Waals surface area contributed by atoms with E-state index < -0.39 is 24.4 Å². The molecule has 1 N–H and O–H groups in total. The number of nitrogens with one attached hydrogen (secondary N) is 1. The van der Waals surface area contributed by atoms with Crippen LogP contribution in [0.2, 0.25) is 5.02 Å². The highest BCUT2D eigenvalue weighted by Gasteiger charge is 2.52. The number of nitrogens with zero attached hydrogens (tertiary/aromatic N) is 1. The number of halogens is 1. The molecule has 1 aliphatic heterocycles. The van der Waals surface area contributed by atoms with Gasteiger partial charge in [0.2, 0.25) is 0 Å². The smallest absolute Gasteiger partial charge is 0.449 e. The molecule has 198 valence electrons. The molecule has 3 aromatic carbocycles. The van der Waals surface area contributed by atoms with Crippen LogP contribution in [-0.4, -0.2) is 37.6 Å². The van der Waals surface area contributed by atoms with Crippen LogP contribution in [0.5, 0.6) is 0 Å². The lowest BCUT2D eigenvalue weighted by atomic mass is 9.77. The largest absolute Gasteiger partial charge is 0.492 e. The normalized spacial score (nSPS) is 17.3. The van der Waals surface area contributed by atoms with Crippen molar-refractivity contribution in [3.05, 3.63) is 99.5 Å². The lowest BCUT2D eigenvalue weighted by Gasteiger charge is -2.32. The summed E-state index contributed by atoms with van der Waals surface area (Å²) >= 11 is 6.23. The second-order valence-corrected chi connectivity index (χ2v) is 11.3. The molecule has 6 nitrogen and oxygen atoms in total. The first-order valence-electron chi connectivity index (χ1n) is 12.9. The number of fused-ring (bicyclic) bond motifs is 3. The second kappa shape index (κ2) is 10.5. The van der Waals surface area contributed by atoms with Crippen LogP contribution in [0.3, 0.4) is 0 Å². The minimum Gasteiger partial charge on any atom is -0.449 e. The third kappa shape index (κ3) is 5.46. The molecule has 39 heavy (non-hydrogen) atoms. The van der Waals surface area contributed by atoms with Crippen LogP contribution in [0, 0.1) is 11.3 Å². The van der Waals surface area contributed by atoms with Gasteiger partial charge >= 0.3 is 13.2 Å². The van der Waals surface area contributed by atoms with Gasteiger partial charge in [-0.15, -0.1) is 0 Å². The molecule has 5 rings (SSSR count). The highest BCUT2D eigenvalue weighted by atomic mass is 35.5. The lowest BCUT2D eigenvalue weighted by Crippen LogP contribution is -2.41. The summed E-state index contributed by atoms with van der Waals surface area (Å²) in [5.74, 6) is -0.0304. The number of alkyl carbamates (subject to hydrolysis) is 1. The van der Waals surface area contributed by atoms with E-state index in [1.165, 1.54) is 11.1 Å². The predicted octanol–water partition coefficient (Wildman–Crippen LogP) is 6.77. The molecule has 1 amide bonds. The average Bonchev–Trinajstić information content (AvgIpc) is 3.33. The topological polar surface area (TPSA) is 80.6 Å². The van der Waals surface area contributed by atoms with Crippen molar-refractivity contribution in [3.63, 3.8) is 0 Å². The molecule has 0 aromatic heterocycles. The number of rotatable bonds is 6. The molecule has 1 fully saturated rings. The van der Waals surface area contributed by atoms with Crippen molar-refractivity contribution in [1.29, 1.82) is 5.26 Å². The first-order chi connectivity index (χ1) is 18.6. The van der Waals surface area contributed by atoms with Crippen molar-refractivity contribution in [3.8, 4) is 17.2 Å². The van der Waals surface area contributed by atoms with Crippen molar-refractivity contribution in [2.45, 2.75) is 44.8 Å². The number of hydrogen-bond acceptors (Lipinski definition) is 5. The fourth-order valence-corrected chi connectivity index (χ4v) is 5.24. The summed E-state index contributed by atoms with van der Waals surface area (Å²) < 4.78 is 18.2. The monoisotopic (exact) mass is 540 g/mol. The Balaban J connectivity index is 1.32. The van der Waals surface area contributed by atoms with Gasteiger partial charge in [0, 0.05) is 17.5 Å². The molecular formula is C31H30BClN2O4. The summed E-state index contributed by atoms with van der Waals surface area (Å²) in [7, 11) is -0.701. The molecule has 0 saturated carbocycles. The number of benzene rings is 3. The number of amides is 1. The van der Waals surface area contributed by atoms with Gasteiger partial charge in [0.1, 0.15) is 6.61 Å². The predicted molar refractivity (Wildman–Crippen MR) is 153 cm³/mol. The molecule has 3 aromatic rings. The van der Waals surface area contributed by atoms with Gasteiger partial charge in [-0.3, -0.25) is 0 Å². The van der Waals surface area contributed by atoms with E-state index in [0.717, 1.165) is 11.1 Å². The first kappa shape index (κ1) is 27.0. The standard InChI is InChI=1S/C31H30BClN2O4/c1-30(2)31(3,4)39-32(38-30)22(14-20-13-21(17-34)16-23(33)15-20)18-35-29(36)37-19-28-26-11-7-5-9-24(26)25-10-6-8-12-27(25)28/h5-16,28H,18-19H2,1-4H3,(H,35,36). The van der Waals surface area contributed by atoms with Crippen molar-refractivity contribution in [1.82, 2.24) is 5.32 Å². The number of ether oxygens (including phenoxy) is 1. The molecule has 0 bridgehead atoms. The van der Waals surface area contributed by atoms with Gasteiger partial charge < -0.3 is 19.4 Å². The molecule has 0 unspecified atom stereocenters. The second-order valence-electron chi connectivity index (χ2n) is 10.9. The molecule has 1 heterocycles. The number of nitriles is 1. The van der Waals surface area contributed by atoms with Crippen LogP contribution < -0.4 is 5.32 Å². The Morgan fingerprint density at radius 3 is 2.21 bits per heavy atom. The van der Waals surface area contributed by atoms with Gasteiger partial charge in [0.15, 0.2) is 0 Å². The summed E-state index contributed by atoms with van der Waals surface area (Å²) in [6.45, 7) is 8.22. The Hall–Kier alpha value is -3.57. The Morgan fingerprint density at radius 2 is 1.62 bits per heavy atom. The van der Waals surface area contributed by atoms with Gasteiger partial charge in [-0.05, 0) is 79.2 Å². The summed E-state index contributed by atoms with van der Waals surface area (Å²) in [5, 5.41) is 12.7. The van der Waals surface area contributed by atoms with E-state index in [-0.39, 0.29) is 19.1 Å². The van der Waals surface area contributed by atoms with Gasteiger partial charge in [-0.2, -0.15) is 5.26 Å². The highest BCUT2D eigenvalue weighted by Crippen LogP contribution is 2.44. The zero-order valence-corrected chi connectivity index (χ0v) is 23.2. The minimum absolute atomic E-state index is 0.0304. The number of carbonyl (C=O) groups excluding carboxylic acids is 1. The van der Waals surface area contributed by atoms with Gasteiger partial charge in [-0.25, -0.2) is 4.79 Å². The maximum Gasteiger partial charge on any atom is 0.492 e. The molecule has 1 saturated heterocycles. The first-order valence-corrected chi connectivity index (χ1v) is 13.3. The van der Waals surface area contributed by atoms with E-state index in [4.69, 9.17) is 25.6 Å². The van der Waals surface area contributed by atoms with Crippen molar-refractivity contribution in [2.24, 2.45) is 0 Å². The Morgan fingerprint density at radius 1 is 1.03 bits per heavy atom. The van der Waals surface area contributed by atoms with E-state index in [1.807, 2.05) is 58.0 Å². The molecule has 0 atom stereocenters. The zero-order valence-electron chi connectivity index (χ0n) is 22.5. The van der Waals surface area contributed by atoms with Crippen molar-refractivity contribution >= 4 is 30.9 Å². The molecule has 0 spiro atoms. The molecule has 1 aliphatic carbocycles. The van der Waals surface area contributed by atoms with Crippen LogP contribution in [0.1, 0.15) is 55.9 Å². The van der Waals surface area contributed by atoms with Crippen molar-refractivity contribution in [2.75, 3.05) is 13.2 Å². The summed E-state index contributed by atoms with van der Waals surface area (Å²) in [4.78, 5) is 12.9. The van der Waals surface area contributed by atoms with Gasteiger partial charge in [0.25, 0.3) is 0 Å². The summed E-state index contributed by atoms with van der Waals surface area (Å²) in [6, 6.07) is 23.6. The number of hydrogen-bond donors (Lipinski definition) is 1. The minimum atomic E-state index is -0.701. The maximum atomic E-state index is 12.9. The summed E-state index contributed by atoms with van der Waals surface area (Å²) in [5.41, 5.74) is 5.34. The Labute approximate surface area is 234 Å². The zero-order chi connectivity index (χ0) is 27.8. The van der Waals surface area contributed by atoms with Gasteiger partial charge in [0.05, 0.1) is 22.8 Å². The number of carbonyl (C=O) groups is 1. The van der Waals surface area contributed by atoms with E-state index in [9.17, 15) is 10.1 Å². The third-order valence-electron chi connectivity index (χ3n) is 7.74. The van der Waals surface area contributed by atoms with Crippen LogP contribution in [0.15, 0.2) is 72.2 Å². The highest BCUT2D eigenvalue weighted by molar-refractivity contribution is 6.56. The van der Waals surface area contributed by atoms with E-state index in [0.29, 0.717) is 21.6 Å². The fraction of sp³-hybridized carbons (Fsp3) is 0.290. The van der Waals surface area contributed by atoms with Crippen LogP contribution in [0.25, 0.3) is 17.2 Å². The third-order valence-corrected chi connectivity index (χ3v) is 7.96. The van der Waals surface area contributed by atoms with E-state index >= 15 is 0 Å². The van der Waals surface area contributed by atoms with Gasteiger partial charge in [-0.1, -0.05) is 66.2 Å². The van der Waals surface area contributed by atoms with Crippen LogP contribution in [-0.2, 0) is 14.0 Å². The van der Waals surface area contributed by atoms with Crippen LogP contribution in [0.4, 0.5) is 4.79 Å². The quantitative estimate of drug-likeness (QED) is 0.349. The SMILES string of the molecule is CC1(C)OB(C(=Cc2cc(Cl)cc(C#N)c2)CNC(=O)OCC2c3ccccc3-c3ccccc32)OC1(C)C. The lowest BCUT2D eigenvalue weighted by molar-refractivity contribution is 0.00578. The average molecular weight is 541 g/mol. The Bertz CT molecular complexity index is 1430. The molecule has 8 heteroatoms. The summed E-state index contributed by atoms with van der Waals surface area (Å²) in [6.07, 6.45) is 1.29. The maximum absolute atomic E-state index is 12.9. The molecule has 2 aliphatic rings. The van der Waals surface area contributed by atoms with Crippen LogP contribution >= 0.6 is 11.6 Å².